The van der Waals surface area contributed by atoms with E-state index in [4.69, 9.17) is 4.74 Å². The van der Waals surface area contributed by atoms with Gasteiger partial charge in [-0.25, -0.2) is 13.4 Å². The van der Waals surface area contributed by atoms with Crippen LogP contribution in [0.5, 0.6) is 5.75 Å². The lowest BCUT2D eigenvalue weighted by Gasteiger charge is -2.06. The molecule has 0 aliphatic rings. The summed E-state index contributed by atoms with van der Waals surface area (Å²) >= 11 is 1.37. The van der Waals surface area contributed by atoms with E-state index in [9.17, 15) is 13.2 Å². The molecule has 0 aliphatic heterocycles. The van der Waals surface area contributed by atoms with Crippen molar-refractivity contribution in [3.8, 4) is 16.3 Å². The molecule has 152 valence electrons. The molecule has 3 rings (SSSR count). The molecule has 0 bridgehead atoms. The predicted octanol–water partition coefficient (Wildman–Crippen LogP) is 4.07. The molecule has 0 atom stereocenters. The Labute approximate surface area is 174 Å². The van der Waals surface area contributed by atoms with Crippen LogP contribution in [0.2, 0.25) is 0 Å². The smallest absolute Gasteiger partial charge is 0.239 e. The maximum Gasteiger partial charge on any atom is 0.239 e. The third-order valence-electron chi connectivity index (χ3n) is 4.02. The van der Waals surface area contributed by atoms with E-state index in [2.05, 4.69) is 10.3 Å². The Bertz CT molecular complexity index is 1070. The molecule has 1 aromatic heterocycles. The second-order valence-electron chi connectivity index (χ2n) is 6.55. The number of sulfone groups is 1. The average molecular weight is 431 g/mol. The number of ether oxygens (including phenoxy) is 1. The third-order valence-corrected chi connectivity index (χ3v) is 6.40. The van der Waals surface area contributed by atoms with Gasteiger partial charge in [0.05, 0.1) is 18.1 Å². The molecule has 1 amide bonds. The van der Waals surface area contributed by atoms with Crippen LogP contribution < -0.4 is 10.1 Å². The maximum absolute atomic E-state index is 12.4. The maximum atomic E-state index is 12.4. The minimum atomic E-state index is -3.63. The summed E-state index contributed by atoms with van der Waals surface area (Å²) in [5.41, 5.74) is 2.95. The number of nitrogens with zero attached hydrogens (tertiary/aromatic N) is 1. The summed E-state index contributed by atoms with van der Waals surface area (Å²) in [6.07, 6.45) is 0. The SMILES string of the molecule is CCOc1ccc(-c2nc(CS(=O)(=O)CC(=O)Nc3ccc(C)cc3)cs2)cc1. The number of benzene rings is 2. The van der Waals surface area contributed by atoms with Gasteiger partial charge in [0.2, 0.25) is 5.91 Å². The van der Waals surface area contributed by atoms with Gasteiger partial charge in [-0.2, -0.15) is 0 Å². The molecule has 6 nitrogen and oxygen atoms in total. The van der Waals surface area contributed by atoms with E-state index < -0.39 is 21.5 Å². The van der Waals surface area contributed by atoms with Crippen LogP contribution in [0.3, 0.4) is 0 Å². The molecule has 0 saturated carbocycles. The largest absolute Gasteiger partial charge is 0.494 e. The summed E-state index contributed by atoms with van der Waals surface area (Å²) in [4.78, 5) is 16.5. The summed E-state index contributed by atoms with van der Waals surface area (Å²) in [5, 5.41) is 5.04. The van der Waals surface area contributed by atoms with Gasteiger partial charge in [0, 0.05) is 16.6 Å². The van der Waals surface area contributed by atoms with Crippen LogP contribution >= 0.6 is 11.3 Å². The van der Waals surface area contributed by atoms with Crippen LogP contribution in [0, 0.1) is 6.92 Å². The standard InChI is InChI=1S/C21H22N2O4S2/c1-3-27-19-10-6-16(7-11-19)21-23-18(12-28-21)13-29(25,26)14-20(24)22-17-8-4-15(2)5-9-17/h4-12H,3,13-14H2,1-2H3,(H,22,24). The number of thiazole rings is 1. The Kier molecular flexibility index (Phi) is 6.66. The minimum absolute atomic E-state index is 0.276. The Hall–Kier alpha value is -2.71. The van der Waals surface area contributed by atoms with Crippen molar-refractivity contribution in [2.75, 3.05) is 17.7 Å². The Morgan fingerprint density at radius 3 is 2.45 bits per heavy atom. The monoisotopic (exact) mass is 430 g/mol. The lowest BCUT2D eigenvalue weighted by molar-refractivity contribution is -0.113. The van der Waals surface area contributed by atoms with Crippen LogP contribution in [0.4, 0.5) is 5.69 Å². The number of rotatable bonds is 8. The molecule has 2 aromatic carbocycles. The topological polar surface area (TPSA) is 85.4 Å². The molecule has 29 heavy (non-hydrogen) atoms. The van der Waals surface area contributed by atoms with Crippen molar-refractivity contribution in [2.24, 2.45) is 0 Å². The zero-order chi connectivity index (χ0) is 20.9. The molecular formula is C21H22N2O4S2. The zero-order valence-corrected chi connectivity index (χ0v) is 17.8. The first-order valence-corrected chi connectivity index (χ1v) is 11.8. The molecule has 0 radical (unpaired) electrons. The van der Waals surface area contributed by atoms with Crippen LogP contribution in [-0.4, -0.2) is 31.7 Å². The molecule has 0 saturated heterocycles. The Morgan fingerprint density at radius 2 is 1.79 bits per heavy atom. The molecule has 1 N–H and O–H groups in total. The minimum Gasteiger partial charge on any atom is -0.494 e. The highest BCUT2D eigenvalue weighted by molar-refractivity contribution is 7.91. The van der Waals surface area contributed by atoms with E-state index in [1.807, 2.05) is 50.2 Å². The number of nitrogens with one attached hydrogen (secondary N) is 1. The average Bonchev–Trinajstić information content (AvgIpc) is 3.11. The second-order valence-corrected chi connectivity index (χ2v) is 9.47. The summed E-state index contributed by atoms with van der Waals surface area (Å²) in [6.45, 7) is 4.45. The van der Waals surface area contributed by atoms with Crippen molar-refractivity contribution in [3.63, 3.8) is 0 Å². The molecular weight excluding hydrogens is 408 g/mol. The molecule has 3 aromatic rings. The Balaban J connectivity index is 1.61. The highest BCUT2D eigenvalue weighted by atomic mass is 32.2. The van der Waals surface area contributed by atoms with Crippen LogP contribution in [0.25, 0.3) is 10.6 Å². The lowest BCUT2D eigenvalue weighted by atomic mass is 10.2. The first-order valence-electron chi connectivity index (χ1n) is 9.09. The summed E-state index contributed by atoms with van der Waals surface area (Å²) < 4.78 is 30.2. The summed E-state index contributed by atoms with van der Waals surface area (Å²) in [5.74, 6) is -0.649. The predicted molar refractivity (Wildman–Crippen MR) is 116 cm³/mol. The van der Waals surface area contributed by atoms with Crippen molar-refractivity contribution in [2.45, 2.75) is 19.6 Å². The molecule has 0 spiro atoms. The number of hydrogen-bond donors (Lipinski definition) is 1. The highest BCUT2D eigenvalue weighted by Gasteiger charge is 2.19. The summed E-state index contributed by atoms with van der Waals surface area (Å²) in [7, 11) is -3.63. The number of aryl methyl sites for hydroxylation is 1. The number of aromatic nitrogens is 1. The van der Waals surface area contributed by atoms with E-state index >= 15 is 0 Å². The third kappa shape index (κ3) is 6.13. The fourth-order valence-electron chi connectivity index (χ4n) is 2.68. The molecule has 0 aliphatic carbocycles. The first-order chi connectivity index (χ1) is 13.8. The van der Waals surface area contributed by atoms with Gasteiger partial charge in [0.15, 0.2) is 9.84 Å². The second kappa shape index (κ2) is 9.19. The number of carbonyl (C=O) groups excluding carboxylic acids is 1. The van der Waals surface area contributed by atoms with Crippen LogP contribution in [-0.2, 0) is 20.4 Å². The van der Waals surface area contributed by atoms with Gasteiger partial charge >= 0.3 is 0 Å². The summed E-state index contributed by atoms with van der Waals surface area (Å²) in [6, 6.07) is 14.7. The molecule has 0 fully saturated rings. The van der Waals surface area contributed by atoms with Crippen LogP contribution in [0.15, 0.2) is 53.9 Å². The van der Waals surface area contributed by atoms with Crippen molar-refractivity contribution in [3.05, 3.63) is 65.2 Å². The van der Waals surface area contributed by atoms with Crippen molar-refractivity contribution < 1.29 is 17.9 Å². The van der Waals surface area contributed by atoms with E-state index in [-0.39, 0.29) is 5.75 Å². The molecule has 1 heterocycles. The normalized spacial score (nSPS) is 11.2. The van der Waals surface area contributed by atoms with Crippen molar-refractivity contribution in [1.29, 1.82) is 0 Å². The van der Waals surface area contributed by atoms with Gasteiger partial charge in [-0.3, -0.25) is 4.79 Å². The van der Waals surface area contributed by atoms with E-state index in [0.717, 1.165) is 21.9 Å². The van der Waals surface area contributed by atoms with Gasteiger partial charge in [-0.1, -0.05) is 17.7 Å². The zero-order valence-electron chi connectivity index (χ0n) is 16.2. The van der Waals surface area contributed by atoms with E-state index in [1.165, 1.54) is 11.3 Å². The van der Waals surface area contributed by atoms with Crippen LogP contribution in [0.1, 0.15) is 18.2 Å². The Morgan fingerprint density at radius 1 is 1.10 bits per heavy atom. The van der Waals surface area contributed by atoms with Gasteiger partial charge in [0.25, 0.3) is 0 Å². The highest BCUT2D eigenvalue weighted by Crippen LogP contribution is 2.26. The van der Waals surface area contributed by atoms with Gasteiger partial charge in [-0.05, 0) is 50.2 Å². The first kappa shape index (κ1) is 21.0. The van der Waals surface area contributed by atoms with E-state index in [0.29, 0.717) is 18.0 Å². The lowest BCUT2D eigenvalue weighted by Crippen LogP contribution is -2.24. The quantitative estimate of drug-likeness (QED) is 0.582. The fraction of sp³-hybridized carbons (Fsp3) is 0.238. The molecule has 0 unspecified atom stereocenters. The van der Waals surface area contributed by atoms with Crippen molar-refractivity contribution >= 4 is 32.8 Å². The van der Waals surface area contributed by atoms with Gasteiger partial charge in [0.1, 0.15) is 16.5 Å². The van der Waals surface area contributed by atoms with Gasteiger partial charge < -0.3 is 10.1 Å². The number of hydrogen-bond acceptors (Lipinski definition) is 6. The van der Waals surface area contributed by atoms with Crippen molar-refractivity contribution in [1.82, 2.24) is 4.98 Å². The number of anilines is 1. The molecule has 8 heteroatoms. The number of amides is 1. The number of carbonyl (C=O) groups is 1. The van der Waals surface area contributed by atoms with E-state index in [1.54, 1.807) is 17.5 Å². The fourth-order valence-corrected chi connectivity index (χ4v) is 4.78. The van der Waals surface area contributed by atoms with Gasteiger partial charge in [-0.15, -0.1) is 11.3 Å².